The maximum Gasteiger partial charge on any atom is 0.301 e. The first-order valence-corrected chi connectivity index (χ1v) is 8.61. The number of benzene rings is 2. The molecule has 0 saturated carbocycles. The minimum absolute atomic E-state index is 0.00715. The van der Waals surface area contributed by atoms with Gasteiger partial charge in [0.05, 0.1) is 15.8 Å². The van der Waals surface area contributed by atoms with E-state index in [1.165, 1.54) is 0 Å². The van der Waals surface area contributed by atoms with Crippen LogP contribution in [0.3, 0.4) is 0 Å². The number of nitrogens with one attached hydrogen (secondary N) is 1. The highest BCUT2D eigenvalue weighted by atomic mass is 16.6. The van der Waals surface area contributed by atoms with Crippen LogP contribution in [-0.4, -0.2) is 14.9 Å². The average Bonchev–Trinajstić information content (AvgIpc) is 2.73. The zero-order valence-corrected chi connectivity index (χ0v) is 14.8. The van der Waals surface area contributed by atoms with Crippen LogP contribution in [0.2, 0.25) is 0 Å². The monoisotopic (exact) mass is 372 g/mol. The molecule has 0 saturated heterocycles. The third kappa shape index (κ3) is 3.73. The molecule has 0 spiro atoms. The number of fused-ring (bicyclic) bond motifs is 1. The zero-order chi connectivity index (χ0) is 19.3. The second-order valence-electron chi connectivity index (χ2n) is 6.09. The van der Waals surface area contributed by atoms with Gasteiger partial charge in [-0.3, -0.25) is 20.1 Å². The summed E-state index contributed by atoms with van der Waals surface area (Å²) in [6, 6.07) is 17.9. The van der Waals surface area contributed by atoms with Gasteiger partial charge >= 0.3 is 5.69 Å². The van der Waals surface area contributed by atoms with E-state index in [0.29, 0.717) is 34.6 Å². The minimum atomic E-state index is -0.394. The lowest BCUT2D eigenvalue weighted by Crippen LogP contribution is -1.99. The van der Waals surface area contributed by atoms with E-state index in [1.807, 2.05) is 30.3 Å². The van der Waals surface area contributed by atoms with Crippen molar-refractivity contribution in [2.45, 2.75) is 6.61 Å². The second kappa shape index (κ2) is 7.71. The van der Waals surface area contributed by atoms with Crippen LogP contribution in [-0.2, 0) is 6.61 Å². The van der Waals surface area contributed by atoms with E-state index in [2.05, 4.69) is 15.3 Å². The van der Waals surface area contributed by atoms with E-state index in [4.69, 9.17) is 4.74 Å². The van der Waals surface area contributed by atoms with Gasteiger partial charge in [-0.1, -0.05) is 12.1 Å². The van der Waals surface area contributed by atoms with Gasteiger partial charge in [0.15, 0.2) is 0 Å². The third-order valence-corrected chi connectivity index (χ3v) is 4.18. The van der Waals surface area contributed by atoms with Gasteiger partial charge in [0.2, 0.25) is 0 Å². The van der Waals surface area contributed by atoms with E-state index in [1.54, 1.807) is 48.9 Å². The minimum Gasteiger partial charge on any atom is -0.489 e. The Morgan fingerprint density at radius 2 is 1.93 bits per heavy atom. The van der Waals surface area contributed by atoms with Crippen LogP contribution in [0.1, 0.15) is 5.56 Å². The number of hydrogen-bond donors (Lipinski definition) is 1. The Hall–Kier alpha value is -4.00. The van der Waals surface area contributed by atoms with Gasteiger partial charge < -0.3 is 10.1 Å². The van der Waals surface area contributed by atoms with Gasteiger partial charge in [-0.15, -0.1) is 0 Å². The Bertz CT molecular complexity index is 1130. The van der Waals surface area contributed by atoms with Crippen molar-refractivity contribution in [3.63, 3.8) is 0 Å². The van der Waals surface area contributed by atoms with E-state index < -0.39 is 4.92 Å². The van der Waals surface area contributed by atoms with Crippen LogP contribution in [0.25, 0.3) is 10.9 Å². The summed E-state index contributed by atoms with van der Waals surface area (Å²) in [5.74, 6) is 0.652. The molecular weight excluding hydrogens is 356 g/mol. The van der Waals surface area contributed by atoms with Crippen LogP contribution in [0.15, 0.2) is 79.3 Å². The summed E-state index contributed by atoms with van der Waals surface area (Å²) in [6.07, 6.45) is 5.07. The molecule has 0 radical (unpaired) electrons. The molecule has 2 aromatic heterocycles. The second-order valence-corrected chi connectivity index (χ2v) is 6.09. The number of ether oxygens (including phenoxy) is 1. The largest absolute Gasteiger partial charge is 0.489 e. The SMILES string of the molecule is O=[N+]([O-])c1c(Nc2cccc(OCc3cccnc3)c2)ccc2ncccc12. The summed E-state index contributed by atoms with van der Waals surface area (Å²) in [6.45, 7) is 0.388. The molecular formula is C21H16N4O3. The number of anilines is 2. The van der Waals surface area contributed by atoms with Crippen molar-refractivity contribution in [2.24, 2.45) is 0 Å². The number of nitrogens with zero attached hydrogens (tertiary/aromatic N) is 3. The van der Waals surface area contributed by atoms with E-state index in [9.17, 15) is 10.1 Å². The van der Waals surface area contributed by atoms with Gasteiger partial charge in [-0.05, 0) is 42.5 Å². The standard InChI is InChI=1S/C21H16N4O3/c26-25(27)21-18-7-3-11-23-19(18)8-9-20(21)24-16-5-1-6-17(12-16)28-14-15-4-2-10-22-13-15/h1-13,24H,14H2. The highest BCUT2D eigenvalue weighted by Crippen LogP contribution is 2.34. The van der Waals surface area contributed by atoms with Crippen molar-refractivity contribution < 1.29 is 9.66 Å². The summed E-state index contributed by atoms with van der Waals surface area (Å²) in [4.78, 5) is 19.5. The summed E-state index contributed by atoms with van der Waals surface area (Å²) in [5.41, 5.74) is 2.61. The van der Waals surface area contributed by atoms with E-state index in [0.717, 1.165) is 5.56 Å². The fourth-order valence-corrected chi connectivity index (χ4v) is 2.90. The summed E-state index contributed by atoms with van der Waals surface area (Å²) >= 11 is 0. The molecule has 4 rings (SSSR count). The molecule has 0 bridgehead atoms. The first-order valence-electron chi connectivity index (χ1n) is 8.61. The van der Waals surface area contributed by atoms with Crippen LogP contribution >= 0.6 is 0 Å². The lowest BCUT2D eigenvalue weighted by atomic mass is 10.1. The Labute approximate surface area is 160 Å². The molecule has 4 aromatic rings. The molecule has 28 heavy (non-hydrogen) atoms. The maximum atomic E-state index is 11.7. The van der Waals surface area contributed by atoms with E-state index in [-0.39, 0.29) is 5.69 Å². The maximum absolute atomic E-state index is 11.7. The molecule has 0 atom stereocenters. The Morgan fingerprint density at radius 3 is 2.75 bits per heavy atom. The van der Waals surface area contributed by atoms with Crippen LogP contribution in [0.4, 0.5) is 17.1 Å². The van der Waals surface area contributed by atoms with Crippen LogP contribution in [0.5, 0.6) is 5.75 Å². The molecule has 1 N–H and O–H groups in total. The molecule has 0 aliphatic carbocycles. The Balaban J connectivity index is 1.59. The first kappa shape index (κ1) is 17.4. The molecule has 0 unspecified atom stereocenters. The fourth-order valence-electron chi connectivity index (χ4n) is 2.90. The zero-order valence-electron chi connectivity index (χ0n) is 14.8. The van der Waals surface area contributed by atoms with Crippen LogP contribution in [0, 0.1) is 10.1 Å². The highest BCUT2D eigenvalue weighted by Gasteiger charge is 2.19. The topological polar surface area (TPSA) is 90.2 Å². The highest BCUT2D eigenvalue weighted by molar-refractivity contribution is 5.95. The number of hydrogen-bond acceptors (Lipinski definition) is 6. The van der Waals surface area contributed by atoms with Gasteiger partial charge in [0.1, 0.15) is 18.0 Å². The third-order valence-electron chi connectivity index (χ3n) is 4.18. The average molecular weight is 372 g/mol. The Kier molecular flexibility index (Phi) is 4.79. The fraction of sp³-hybridized carbons (Fsp3) is 0.0476. The smallest absolute Gasteiger partial charge is 0.301 e. The molecule has 138 valence electrons. The predicted octanol–water partition coefficient (Wildman–Crippen LogP) is 4.86. The van der Waals surface area contributed by atoms with Crippen molar-refractivity contribution in [3.8, 4) is 5.75 Å². The van der Waals surface area contributed by atoms with Crippen molar-refractivity contribution in [1.29, 1.82) is 0 Å². The number of nitro benzene ring substituents is 1. The molecule has 0 aliphatic rings. The summed E-state index contributed by atoms with van der Waals surface area (Å²) < 4.78 is 5.79. The number of nitro groups is 1. The number of rotatable bonds is 6. The summed E-state index contributed by atoms with van der Waals surface area (Å²) in [5, 5.41) is 15.3. The normalized spacial score (nSPS) is 10.6. The van der Waals surface area contributed by atoms with Gasteiger partial charge in [-0.25, -0.2) is 0 Å². The van der Waals surface area contributed by atoms with Crippen LogP contribution < -0.4 is 10.1 Å². The molecule has 2 heterocycles. The molecule has 2 aromatic carbocycles. The van der Waals surface area contributed by atoms with Crippen molar-refractivity contribution >= 4 is 28.0 Å². The van der Waals surface area contributed by atoms with Gasteiger partial charge in [0.25, 0.3) is 0 Å². The predicted molar refractivity (Wildman–Crippen MR) is 107 cm³/mol. The number of aromatic nitrogens is 2. The molecule has 0 fully saturated rings. The Morgan fingerprint density at radius 1 is 1.04 bits per heavy atom. The lowest BCUT2D eigenvalue weighted by molar-refractivity contribution is -0.382. The van der Waals surface area contributed by atoms with E-state index >= 15 is 0 Å². The molecule has 0 aliphatic heterocycles. The van der Waals surface area contributed by atoms with Crippen molar-refractivity contribution in [3.05, 3.63) is 94.9 Å². The lowest BCUT2D eigenvalue weighted by Gasteiger charge is -2.11. The van der Waals surface area contributed by atoms with Gasteiger partial charge in [0, 0.05) is 35.9 Å². The number of pyridine rings is 2. The first-order chi connectivity index (χ1) is 13.7. The van der Waals surface area contributed by atoms with Crippen molar-refractivity contribution in [1.82, 2.24) is 9.97 Å². The van der Waals surface area contributed by atoms with Gasteiger partial charge in [-0.2, -0.15) is 0 Å². The quantitative estimate of drug-likeness (QED) is 0.384. The summed E-state index contributed by atoms with van der Waals surface area (Å²) in [7, 11) is 0. The molecule has 7 heteroatoms. The van der Waals surface area contributed by atoms with Crippen molar-refractivity contribution in [2.75, 3.05) is 5.32 Å². The molecule has 0 amide bonds. The molecule has 7 nitrogen and oxygen atoms in total.